The van der Waals surface area contributed by atoms with Crippen LogP contribution in [-0.2, 0) is 4.79 Å². The van der Waals surface area contributed by atoms with Gasteiger partial charge in [-0.15, -0.1) is 0 Å². The van der Waals surface area contributed by atoms with E-state index in [1.54, 1.807) is 24.3 Å². The molecule has 4 nitrogen and oxygen atoms in total. The lowest BCUT2D eigenvalue weighted by Gasteiger charge is -2.16. The Morgan fingerprint density at radius 1 is 0.875 bits per heavy atom. The molecular formula is C20H15NO3. The summed E-state index contributed by atoms with van der Waals surface area (Å²) in [5.74, 6) is -0.459. The van der Waals surface area contributed by atoms with E-state index in [9.17, 15) is 9.90 Å². The van der Waals surface area contributed by atoms with Crippen LogP contribution in [0.25, 0.3) is 21.8 Å². The Kier molecular flexibility index (Phi) is 3.43. The zero-order valence-corrected chi connectivity index (χ0v) is 12.8. The number of carboxylic acid groups (broad SMARTS) is 1. The highest BCUT2D eigenvalue weighted by atomic mass is 16.5. The number of aliphatic carboxylic acids is 1. The molecule has 1 unspecified atom stereocenters. The summed E-state index contributed by atoms with van der Waals surface area (Å²) in [4.78, 5) is 15.0. The zero-order valence-electron chi connectivity index (χ0n) is 12.8. The second-order valence-electron chi connectivity index (χ2n) is 5.60. The average molecular weight is 317 g/mol. The number of aromatic nitrogens is 1. The van der Waals surface area contributed by atoms with Crippen LogP contribution < -0.4 is 4.74 Å². The predicted molar refractivity (Wildman–Crippen MR) is 93.3 cm³/mol. The number of H-pyrrole nitrogens is 1. The van der Waals surface area contributed by atoms with Crippen LogP contribution >= 0.6 is 0 Å². The fourth-order valence-corrected chi connectivity index (χ4v) is 2.98. The summed E-state index contributed by atoms with van der Waals surface area (Å²) in [5.41, 5.74) is 2.53. The first-order valence-corrected chi connectivity index (χ1v) is 7.68. The van der Waals surface area contributed by atoms with E-state index in [0.29, 0.717) is 11.3 Å². The molecule has 0 fully saturated rings. The molecule has 1 heterocycles. The number of para-hydroxylation sites is 1. The van der Waals surface area contributed by atoms with Gasteiger partial charge in [0.15, 0.2) is 0 Å². The lowest BCUT2D eigenvalue weighted by Crippen LogP contribution is -2.18. The largest absolute Gasteiger partial charge is 0.478 e. The molecule has 24 heavy (non-hydrogen) atoms. The van der Waals surface area contributed by atoms with Crippen LogP contribution in [0.4, 0.5) is 0 Å². The first-order chi connectivity index (χ1) is 11.7. The standard InChI is InChI=1S/C20H15NO3/c22-20(23)19(13-7-2-1-3-8-13)24-17-12-6-11-16-18(17)14-9-4-5-10-15(14)21-16/h1-12,19,21H,(H,22,23). The molecule has 118 valence electrons. The number of fused-ring (bicyclic) bond motifs is 3. The van der Waals surface area contributed by atoms with E-state index in [0.717, 1.165) is 21.8 Å². The van der Waals surface area contributed by atoms with Crippen molar-refractivity contribution in [1.29, 1.82) is 0 Å². The van der Waals surface area contributed by atoms with Gasteiger partial charge in [-0.05, 0) is 18.2 Å². The number of rotatable bonds is 4. The van der Waals surface area contributed by atoms with Crippen LogP contribution in [0.5, 0.6) is 5.75 Å². The van der Waals surface area contributed by atoms with Crippen molar-refractivity contribution in [3.63, 3.8) is 0 Å². The normalized spacial score (nSPS) is 12.3. The summed E-state index contributed by atoms with van der Waals surface area (Å²) in [5, 5.41) is 11.5. The van der Waals surface area contributed by atoms with Gasteiger partial charge in [-0.1, -0.05) is 54.6 Å². The maximum Gasteiger partial charge on any atom is 0.349 e. The molecule has 0 saturated heterocycles. The summed E-state index contributed by atoms with van der Waals surface area (Å²) >= 11 is 0. The molecule has 4 aromatic rings. The highest BCUT2D eigenvalue weighted by molar-refractivity contribution is 6.10. The third-order valence-electron chi connectivity index (χ3n) is 4.06. The number of benzene rings is 3. The summed E-state index contributed by atoms with van der Waals surface area (Å²) in [7, 11) is 0. The first kappa shape index (κ1) is 14.3. The fourth-order valence-electron chi connectivity index (χ4n) is 2.98. The van der Waals surface area contributed by atoms with Crippen molar-refractivity contribution in [2.45, 2.75) is 6.10 Å². The van der Waals surface area contributed by atoms with Gasteiger partial charge in [0.25, 0.3) is 0 Å². The van der Waals surface area contributed by atoms with Gasteiger partial charge in [0.2, 0.25) is 6.10 Å². The molecule has 0 radical (unpaired) electrons. The Morgan fingerprint density at radius 3 is 2.38 bits per heavy atom. The minimum absolute atomic E-state index is 0.557. The van der Waals surface area contributed by atoms with E-state index >= 15 is 0 Å². The van der Waals surface area contributed by atoms with Gasteiger partial charge in [0, 0.05) is 21.9 Å². The van der Waals surface area contributed by atoms with Crippen molar-refractivity contribution >= 4 is 27.8 Å². The quantitative estimate of drug-likeness (QED) is 0.581. The van der Waals surface area contributed by atoms with Crippen molar-refractivity contribution in [3.05, 3.63) is 78.4 Å². The summed E-state index contributed by atoms with van der Waals surface area (Å²) in [6.45, 7) is 0. The van der Waals surface area contributed by atoms with Crippen LogP contribution in [0.1, 0.15) is 11.7 Å². The topological polar surface area (TPSA) is 62.3 Å². The lowest BCUT2D eigenvalue weighted by atomic mass is 10.1. The van der Waals surface area contributed by atoms with Crippen molar-refractivity contribution in [2.75, 3.05) is 0 Å². The van der Waals surface area contributed by atoms with E-state index in [-0.39, 0.29) is 0 Å². The van der Waals surface area contributed by atoms with E-state index in [1.165, 1.54) is 0 Å². The van der Waals surface area contributed by atoms with Gasteiger partial charge >= 0.3 is 5.97 Å². The zero-order chi connectivity index (χ0) is 16.5. The summed E-state index contributed by atoms with van der Waals surface area (Å²) < 4.78 is 5.92. The predicted octanol–water partition coefficient (Wildman–Crippen LogP) is 4.53. The monoisotopic (exact) mass is 317 g/mol. The van der Waals surface area contributed by atoms with Crippen molar-refractivity contribution in [1.82, 2.24) is 4.98 Å². The van der Waals surface area contributed by atoms with E-state index in [2.05, 4.69) is 4.98 Å². The van der Waals surface area contributed by atoms with Gasteiger partial charge in [-0.3, -0.25) is 0 Å². The number of carboxylic acids is 1. The fraction of sp³-hybridized carbons (Fsp3) is 0.0500. The minimum Gasteiger partial charge on any atom is -0.478 e. The summed E-state index contributed by atoms with van der Waals surface area (Å²) in [6.07, 6.45) is -1.05. The number of hydrogen-bond acceptors (Lipinski definition) is 2. The van der Waals surface area contributed by atoms with Crippen molar-refractivity contribution in [3.8, 4) is 5.75 Å². The minimum atomic E-state index is -1.05. The molecule has 1 atom stereocenters. The van der Waals surface area contributed by atoms with E-state index in [4.69, 9.17) is 4.74 Å². The number of hydrogen-bond donors (Lipinski definition) is 2. The molecule has 2 N–H and O–H groups in total. The van der Waals surface area contributed by atoms with Crippen molar-refractivity contribution < 1.29 is 14.6 Å². The third-order valence-corrected chi connectivity index (χ3v) is 4.06. The van der Waals surface area contributed by atoms with Crippen LogP contribution in [-0.4, -0.2) is 16.1 Å². The molecule has 0 aliphatic rings. The number of carbonyl (C=O) groups is 1. The summed E-state index contributed by atoms with van der Waals surface area (Å²) in [6, 6.07) is 22.5. The molecule has 0 bridgehead atoms. The van der Waals surface area contributed by atoms with Crippen LogP contribution in [0.3, 0.4) is 0 Å². The molecule has 0 amide bonds. The Hall–Kier alpha value is -3.27. The van der Waals surface area contributed by atoms with Gasteiger partial charge in [0.05, 0.1) is 5.52 Å². The van der Waals surface area contributed by atoms with Gasteiger partial charge < -0.3 is 14.8 Å². The van der Waals surface area contributed by atoms with Gasteiger partial charge in [-0.2, -0.15) is 0 Å². The average Bonchev–Trinajstić information content (AvgIpc) is 2.99. The number of nitrogens with one attached hydrogen (secondary N) is 1. The highest BCUT2D eigenvalue weighted by Gasteiger charge is 2.23. The Bertz CT molecular complexity index is 1020. The van der Waals surface area contributed by atoms with Gasteiger partial charge in [0.1, 0.15) is 5.75 Å². The maximum absolute atomic E-state index is 11.7. The Labute approximate surface area is 138 Å². The molecule has 4 heteroatoms. The van der Waals surface area contributed by atoms with E-state index in [1.807, 2.05) is 48.5 Å². The molecule has 4 rings (SSSR count). The van der Waals surface area contributed by atoms with Crippen LogP contribution in [0.2, 0.25) is 0 Å². The van der Waals surface area contributed by atoms with Crippen LogP contribution in [0.15, 0.2) is 72.8 Å². The molecule has 1 aromatic heterocycles. The lowest BCUT2D eigenvalue weighted by molar-refractivity contribution is -0.145. The Balaban J connectivity index is 1.85. The molecule has 0 spiro atoms. The van der Waals surface area contributed by atoms with E-state index < -0.39 is 12.1 Å². The molecular weight excluding hydrogens is 302 g/mol. The maximum atomic E-state index is 11.7. The molecule has 0 aliphatic heterocycles. The Morgan fingerprint density at radius 2 is 1.58 bits per heavy atom. The first-order valence-electron chi connectivity index (χ1n) is 7.68. The second-order valence-corrected chi connectivity index (χ2v) is 5.60. The molecule has 0 saturated carbocycles. The van der Waals surface area contributed by atoms with Crippen LogP contribution in [0, 0.1) is 0 Å². The smallest absolute Gasteiger partial charge is 0.349 e. The second kappa shape index (κ2) is 5.74. The third kappa shape index (κ3) is 2.38. The molecule has 3 aromatic carbocycles. The number of aromatic amines is 1. The number of ether oxygens (including phenoxy) is 1. The molecule has 0 aliphatic carbocycles. The SMILES string of the molecule is O=C(O)C(Oc1cccc2[nH]c3ccccc3c12)c1ccccc1. The highest BCUT2D eigenvalue weighted by Crippen LogP contribution is 2.35. The van der Waals surface area contributed by atoms with Crippen molar-refractivity contribution in [2.24, 2.45) is 0 Å². The van der Waals surface area contributed by atoms with Gasteiger partial charge in [-0.25, -0.2) is 4.79 Å².